The van der Waals surface area contributed by atoms with E-state index in [0.29, 0.717) is 0 Å². The van der Waals surface area contributed by atoms with E-state index in [0.717, 1.165) is 24.0 Å². The molecule has 5 aromatic rings. The Kier molecular flexibility index (Phi) is 4.48. The Bertz CT molecular complexity index is 1440. The zero-order valence-corrected chi connectivity index (χ0v) is 18.0. The lowest BCUT2D eigenvalue weighted by molar-refractivity contribution is 0.872. The zero-order valence-electron chi connectivity index (χ0n) is 17.2. The Balaban J connectivity index is 1.52. The second-order valence-electron chi connectivity index (χ2n) is 8.25. The maximum absolute atomic E-state index is 6.61. The Hall–Kier alpha value is -3.20. The lowest BCUT2D eigenvalue weighted by Crippen LogP contribution is -2.11. The number of hydrogen-bond donors (Lipinski definition) is 1. The van der Waals surface area contributed by atoms with E-state index in [1.54, 1.807) is 0 Å². The summed E-state index contributed by atoms with van der Waals surface area (Å²) in [6, 6.07) is 30.2. The van der Waals surface area contributed by atoms with Gasteiger partial charge in [0.1, 0.15) is 0 Å². The molecule has 0 spiro atoms. The van der Waals surface area contributed by atoms with Crippen molar-refractivity contribution in [3.8, 4) is 11.1 Å². The second-order valence-corrected chi connectivity index (χ2v) is 9.27. The molecule has 0 amide bonds. The maximum Gasteiger partial charge on any atom is 0.0551 e. The summed E-state index contributed by atoms with van der Waals surface area (Å²) in [7, 11) is 0. The molecule has 6 rings (SSSR count). The number of allylic oxidation sites excluding steroid dienone is 1. The van der Waals surface area contributed by atoms with E-state index < -0.39 is 0 Å². The van der Waals surface area contributed by atoms with Gasteiger partial charge in [0.15, 0.2) is 0 Å². The fourth-order valence-electron chi connectivity index (χ4n) is 4.76. The Labute approximate surface area is 186 Å². The molecule has 1 atom stereocenters. The number of nitrogens with two attached hydrogens (primary N) is 1. The van der Waals surface area contributed by atoms with E-state index in [1.807, 2.05) is 29.5 Å². The highest BCUT2D eigenvalue weighted by atomic mass is 32.1. The molecule has 1 aromatic heterocycles. The Morgan fingerprint density at radius 2 is 1.55 bits per heavy atom. The Morgan fingerprint density at radius 1 is 0.742 bits per heavy atom. The van der Waals surface area contributed by atoms with Gasteiger partial charge in [0.25, 0.3) is 0 Å². The number of fused-ring (bicyclic) bond motifs is 5. The summed E-state index contributed by atoms with van der Waals surface area (Å²) in [5, 5.41) is 2.74. The lowest BCUT2D eigenvalue weighted by atomic mass is 9.94. The van der Waals surface area contributed by atoms with Crippen molar-refractivity contribution in [3.63, 3.8) is 0 Å². The molecular weight excluding hydrogens is 394 g/mol. The molecule has 1 aliphatic carbocycles. The normalized spacial score (nSPS) is 14.1. The van der Waals surface area contributed by atoms with Gasteiger partial charge in [-0.3, -0.25) is 0 Å². The van der Waals surface area contributed by atoms with Gasteiger partial charge in [-0.1, -0.05) is 91.0 Å². The molecule has 0 fully saturated rings. The van der Waals surface area contributed by atoms with Gasteiger partial charge < -0.3 is 5.73 Å². The van der Waals surface area contributed by atoms with Crippen LogP contribution < -0.4 is 5.73 Å². The number of thiophene rings is 1. The standard InChI is InChI=1S/C29H23NS/c30-27(20-9-2-1-3-10-20)22-12-6-11-21(18-22)24-14-7-15-25-26-17-16-19-8-4-5-13-23(19)28(26)31-29(24)25/h1-4,6-12,14-18,27H,5,13,30H2. The molecule has 0 saturated carbocycles. The van der Waals surface area contributed by atoms with Crippen molar-refractivity contribution < 1.29 is 0 Å². The third-order valence-corrected chi connectivity index (χ3v) is 7.69. The minimum Gasteiger partial charge on any atom is -0.320 e. The second kappa shape index (κ2) is 7.49. The fourth-order valence-corrected chi connectivity index (χ4v) is 6.18. The minimum atomic E-state index is -0.124. The van der Waals surface area contributed by atoms with Crippen LogP contribution >= 0.6 is 11.3 Å². The van der Waals surface area contributed by atoms with Crippen molar-refractivity contribution in [1.82, 2.24) is 0 Å². The highest BCUT2D eigenvalue weighted by Gasteiger charge is 2.16. The van der Waals surface area contributed by atoms with Crippen molar-refractivity contribution >= 4 is 37.6 Å². The van der Waals surface area contributed by atoms with Crippen LogP contribution in [0.25, 0.3) is 37.4 Å². The van der Waals surface area contributed by atoms with E-state index in [-0.39, 0.29) is 6.04 Å². The zero-order chi connectivity index (χ0) is 20.8. The van der Waals surface area contributed by atoms with Crippen molar-refractivity contribution in [2.45, 2.75) is 18.9 Å². The molecule has 1 nitrogen and oxygen atoms in total. The lowest BCUT2D eigenvalue weighted by Gasteiger charge is -2.14. The van der Waals surface area contributed by atoms with Gasteiger partial charge in [0.2, 0.25) is 0 Å². The first-order valence-corrected chi connectivity index (χ1v) is 11.7. The quantitative estimate of drug-likeness (QED) is 0.319. The van der Waals surface area contributed by atoms with Gasteiger partial charge in [0, 0.05) is 20.2 Å². The molecule has 31 heavy (non-hydrogen) atoms. The van der Waals surface area contributed by atoms with Crippen molar-refractivity contribution in [3.05, 3.63) is 113 Å². The highest BCUT2D eigenvalue weighted by molar-refractivity contribution is 7.26. The summed E-state index contributed by atoms with van der Waals surface area (Å²) in [5.74, 6) is 0. The number of rotatable bonds is 3. The average Bonchev–Trinajstić information content (AvgIpc) is 3.23. The number of hydrogen-bond acceptors (Lipinski definition) is 2. The van der Waals surface area contributed by atoms with Crippen LogP contribution in [0.15, 0.2) is 91.0 Å². The van der Waals surface area contributed by atoms with Crippen LogP contribution in [0.2, 0.25) is 0 Å². The SMILES string of the molecule is NC(c1ccccc1)c1cccc(-c2cccc3c2sc2c4c(ccc23)C=CCC4)c1. The van der Waals surface area contributed by atoms with Crippen LogP contribution in [-0.4, -0.2) is 0 Å². The number of aryl methyl sites for hydroxylation is 1. The first-order chi connectivity index (χ1) is 15.3. The van der Waals surface area contributed by atoms with E-state index >= 15 is 0 Å². The smallest absolute Gasteiger partial charge is 0.0551 e. The monoisotopic (exact) mass is 417 g/mol. The molecular formula is C29H23NS. The molecule has 0 saturated heterocycles. The molecule has 0 bridgehead atoms. The van der Waals surface area contributed by atoms with Gasteiger partial charge in [-0.15, -0.1) is 11.3 Å². The van der Waals surface area contributed by atoms with Gasteiger partial charge in [-0.2, -0.15) is 0 Å². The van der Waals surface area contributed by atoms with Crippen molar-refractivity contribution in [1.29, 1.82) is 0 Å². The van der Waals surface area contributed by atoms with E-state index in [1.165, 1.54) is 42.4 Å². The predicted octanol–water partition coefficient (Wildman–Crippen LogP) is 7.73. The topological polar surface area (TPSA) is 26.0 Å². The van der Waals surface area contributed by atoms with Crippen molar-refractivity contribution in [2.24, 2.45) is 5.73 Å². The first kappa shape index (κ1) is 18.6. The molecule has 150 valence electrons. The molecule has 0 radical (unpaired) electrons. The van der Waals surface area contributed by atoms with Crippen LogP contribution in [0.1, 0.15) is 34.7 Å². The molecule has 1 heterocycles. The van der Waals surface area contributed by atoms with Crippen LogP contribution in [0.5, 0.6) is 0 Å². The van der Waals surface area contributed by atoms with E-state index in [9.17, 15) is 0 Å². The predicted molar refractivity (Wildman–Crippen MR) is 135 cm³/mol. The summed E-state index contributed by atoms with van der Waals surface area (Å²) in [5.41, 5.74) is 14.3. The molecule has 0 aliphatic heterocycles. The summed E-state index contributed by atoms with van der Waals surface area (Å²) in [6.07, 6.45) is 6.83. The highest BCUT2D eigenvalue weighted by Crippen LogP contribution is 2.43. The van der Waals surface area contributed by atoms with Crippen LogP contribution in [-0.2, 0) is 6.42 Å². The van der Waals surface area contributed by atoms with Crippen LogP contribution in [0.4, 0.5) is 0 Å². The molecule has 1 unspecified atom stereocenters. The number of benzene rings is 4. The summed E-state index contributed by atoms with van der Waals surface area (Å²) in [6.45, 7) is 0. The largest absolute Gasteiger partial charge is 0.320 e. The molecule has 1 aliphatic rings. The molecule has 4 aromatic carbocycles. The average molecular weight is 418 g/mol. The van der Waals surface area contributed by atoms with E-state index in [2.05, 4.69) is 78.9 Å². The third kappa shape index (κ3) is 3.11. The summed E-state index contributed by atoms with van der Waals surface area (Å²) >= 11 is 1.94. The Morgan fingerprint density at radius 3 is 2.45 bits per heavy atom. The van der Waals surface area contributed by atoms with Gasteiger partial charge in [-0.25, -0.2) is 0 Å². The van der Waals surface area contributed by atoms with E-state index in [4.69, 9.17) is 5.73 Å². The summed E-state index contributed by atoms with van der Waals surface area (Å²) < 4.78 is 2.81. The van der Waals surface area contributed by atoms with Crippen molar-refractivity contribution in [2.75, 3.05) is 0 Å². The van der Waals surface area contributed by atoms with Crippen LogP contribution in [0.3, 0.4) is 0 Å². The fraction of sp³-hybridized carbons (Fsp3) is 0.103. The first-order valence-electron chi connectivity index (χ1n) is 10.8. The van der Waals surface area contributed by atoms with Gasteiger partial charge in [0.05, 0.1) is 6.04 Å². The molecule has 2 N–H and O–H groups in total. The third-order valence-electron chi connectivity index (χ3n) is 6.38. The summed E-state index contributed by atoms with van der Waals surface area (Å²) in [4.78, 5) is 0. The minimum absolute atomic E-state index is 0.124. The van der Waals surface area contributed by atoms with Gasteiger partial charge in [-0.05, 0) is 52.3 Å². The molecule has 2 heteroatoms. The maximum atomic E-state index is 6.61. The van der Waals surface area contributed by atoms with Crippen LogP contribution in [0, 0.1) is 0 Å². The van der Waals surface area contributed by atoms with Gasteiger partial charge >= 0.3 is 0 Å².